The molecule has 0 unspecified atom stereocenters. The molecule has 0 atom stereocenters. The van der Waals surface area contributed by atoms with Crippen LogP contribution in [-0.4, -0.2) is 24.7 Å². The molecule has 96 valence electrons. The standard InChI is InChI=1S/C13H13N5O/c19-9-11-6-13(18-12(17-11)3-5-16-18)15-8-10-2-1-4-14-7-10/h1-7,15,19H,8-9H2. The Hall–Kier alpha value is -2.47. The third-order valence-electron chi connectivity index (χ3n) is 2.77. The summed E-state index contributed by atoms with van der Waals surface area (Å²) in [7, 11) is 0. The fourth-order valence-corrected chi connectivity index (χ4v) is 1.87. The minimum absolute atomic E-state index is 0.0940. The monoisotopic (exact) mass is 255 g/mol. The Bertz CT molecular complexity index is 680. The van der Waals surface area contributed by atoms with Crippen LogP contribution in [-0.2, 0) is 13.2 Å². The Morgan fingerprint density at radius 2 is 2.21 bits per heavy atom. The van der Waals surface area contributed by atoms with Crippen molar-refractivity contribution in [1.82, 2.24) is 19.6 Å². The van der Waals surface area contributed by atoms with E-state index in [1.54, 1.807) is 35.2 Å². The summed E-state index contributed by atoms with van der Waals surface area (Å²) in [4.78, 5) is 8.34. The molecule has 19 heavy (non-hydrogen) atoms. The third-order valence-corrected chi connectivity index (χ3v) is 2.77. The van der Waals surface area contributed by atoms with Crippen LogP contribution in [0.2, 0.25) is 0 Å². The van der Waals surface area contributed by atoms with E-state index < -0.39 is 0 Å². The van der Waals surface area contributed by atoms with Gasteiger partial charge in [0.15, 0.2) is 5.65 Å². The van der Waals surface area contributed by atoms with Gasteiger partial charge < -0.3 is 10.4 Å². The van der Waals surface area contributed by atoms with E-state index in [4.69, 9.17) is 0 Å². The molecule has 3 aromatic heterocycles. The van der Waals surface area contributed by atoms with Gasteiger partial charge in [-0.05, 0) is 11.6 Å². The van der Waals surface area contributed by atoms with Crippen molar-refractivity contribution in [2.75, 3.05) is 5.32 Å². The predicted octanol–water partition coefficient (Wildman–Crippen LogP) is 1.23. The minimum atomic E-state index is -0.0940. The summed E-state index contributed by atoms with van der Waals surface area (Å²) in [5.74, 6) is 0.794. The van der Waals surface area contributed by atoms with Gasteiger partial charge in [0.1, 0.15) is 5.82 Å². The summed E-state index contributed by atoms with van der Waals surface area (Å²) in [6.45, 7) is 0.543. The number of hydrogen-bond donors (Lipinski definition) is 2. The number of fused-ring (bicyclic) bond motifs is 1. The molecule has 0 saturated heterocycles. The lowest BCUT2D eigenvalue weighted by molar-refractivity contribution is 0.277. The average Bonchev–Trinajstić information content (AvgIpc) is 2.94. The summed E-state index contributed by atoms with van der Waals surface area (Å²) in [6.07, 6.45) is 5.23. The zero-order valence-corrected chi connectivity index (χ0v) is 10.2. The van der Waals surface area contributed by atoms with Gasteiger partial charge in [-0.25, -0.2) is 4.98 Å². The highest BCUT2D eigenvalue weighted by Crippen LogP contribution is 2.13. The molecule has 0 bridgehead atoms. The molecule has 0 radical (unpaired) electrons. The molecule has 0 saturated carbocycles. The van der Waals surface area contributed by atoms with Crippen molar-refractivity contribution in [3.05, 3.63) is 54.1 Å². The fourth-order valence-electron chi connectivity index (χ4n) is 1.87. The van der Waals surface area contributed by atoms with E-state index in [1.807, 2.05) is 12.1 Å². The van der Waals surface area contributed by atoms with Crippen LogP contribution in [0.15, 0.2) is 42.9 Å². The first-order chi connectivity index (χ1) is 9.36. The summed E-state index contributed by atoms with van der Waals surface area (Å²) < 4.78 is 1.70. The maximum absolute atomic E-state index is 9.21. The number of hydrogen-bond acceptors (Lipinski definition) is 5. The van der Waals surface area contributed by atoms with E-state index in [-0.39, 0.29) is 6.61 Å². The van der Waals surface area contributed by atoms with Crippen molar-refractivity contribution in [2.45, 2.75) is 13.2 Å². The molecule has 6 nitrogen and oxygen atoms in total. The van der Waals surface area contributed by atoms with E-state index >= 15 is 0 Å². The predicted molar refractivity (Wildman–Crippen MR) is 70.5 cm³/mol. The quantitative estimate of drug-likeness (QED) is 0.733. The number of aliphatic hydroxyl groups is 1. The van der Waals surface area contributed by atoms with Crippen LogP contribution in [0, 0.1) is 0 Å². The zero-order valence-electron chi connectivity index (χ0n) is 10.2. The summed E-state index contributed by atoms with van der Waals surface area (Å²) >= 11 is 0. The highest BCUT2D eigenvalue weighted by Gasteiger charge is 2.05. The number of rotatable bonds is 4. The number of nitrogens with one attached hydrogen (secondary N) is 1. The Morgan fingerprint density at radius 1 is 1.26 bits per heavy atom. The summed E-state index contributed by atoms with van der Waals surface area (Å²) in [5.41, 5.74) is 2.40. The second-order valence-electron chi connectivity index (χ2n) is 4.11. The zero-order chi connectivity index (χ0) is 13.1. The Labute approximate surface area is 109 Å². The SMILES string of the molecule is OCc1cc(NCc2cccnc2)n2nccc2n1. The molecule has 0 fully saturated rings. The smallest absolute Gasteiger partial charge is 0.157 e. The van der Waals surface area contributed by atoms with Crippen LogP contribution in [0.5, 0.6) is 0 Å². The molecule has 0 aromatic carbocycles. The molecule has 0 aliphatic carbocycles. The lowest BCUT2D eigenvalue weighted by atomic mass is 10.3. The van der Waals surface area contributed by atoms with Crippen molar-refractivity contribution in [2.24, 2.45) is 0 Å². The highest BCUT2D eigenvalue weighted by atomic mass is 16.3. The van der Waals surface area contributed by atoms with Crippen molar-refractivity contribution in [3.8, 4) is 0 Å². The van der Waals surface area contributed by atoms with Crippen molar-refractivity contribution in [1.29, 1.82) is 0 Å². The van der Waals surface area contributed by atoms with Gasteiger partial charge in [-0.15, -0.1) is 0 Å². The van der Waals surface area contributed by atoms with Crippen LogP contribution in [0.25, 0.3) is 5.65 Å². The Morgan fingerprint density at radius 3 is 3.00 bits per heavy atom. The molecule has 0 amide bonds. The first kappa shape index (κ1) is 11.6. The van der Waals surface area contributed by atoms with E-state index in [0.29, 0.717) is 17.9 Å². The van der Waals surface area contributed by atoms with Gasteiger partial charge in [0.25, 0.3) is 0 Å². The van der Waals surface area contributed by atoms with Crippen molar-refractivity contribution < 1.29 is 5.11 Å². The van der Waals surface area contributed by atoms with Crippen molar-refractivity contribution >= 4 is 11.5 Å². The molecule has 3 heterocycles. The van der Waals surface area contributed by atoms with E-state index in [1.165, 1.54) is 0 Å². The van der Waals surface area contributed by atoms with Gasteiger partial charge in [0.05, 0.1) is 18.5 Å². The maximum Gasteiger partial charge on any atom is 0.157 e. The first-order valence-corrected chi connectivity index (χ1v) is 5.94. The van der Waals surface area contributed by atoms with Gasteiger partial charge >= 0.3 is 0 Å². The molecule has 0 spiro atoms. The molecule has 0 aliphatic rings. The Kier molecular flexibility index (Phi) is 3.07. The minimum Gasteiger partial charge on any atom is -0.390 e. The molecular weight excluding hydrogens is 242 g/mol. The Balaban J connectivity index is 1.89. The van der Waals surface area contributed by atoms with E-state index in [0.717, 1.165) is 11.4 Å². The summed E-state index contributed by atoms with van der Waals surface area (Å²) in [5, 5.41) is 16.7. The van der Waals surface area contributed by atoms with E-state index in [2.05, 4.69) is 20.4 Å². The second-order valence-corrected chi connectivity index (χ2v) is 4.11. The fraction of sp³-hybridized carbons (Fsp3) is 0.154. The first-order valence-electron chi connectivity index (χ1n) is 5.94. The molecule has 0 aliphatic heterocycles. The highest BCUT2D eigenvalue weighted by molar-refractivity contribution is 5.49. The third kappa shape index (κ3) is 2.38. The number of aliphatic hydroxyl groups excluding tert-OH is 1. The lowest BCUT2D eigenvalue weighted by Crippen LogP contribution is -2.07. The number of nitrogens with zero attached hydrogens (tertiary/aromatic N) is 4. The van der Waals surface area contributed by atoms with Gasteiger partial charge in [-0.2, -0.15) is 9.61 Å². The summed E-state index contributed by atoms with van der Waals surface area (Å²) in [6, 6.07) is 7.48. The van der Waals surface area contributed by atoms with Crippen LogP contribution in [0.4, 0.5) is 5.82 Å². The average molecular weight is 255 g/mol. The van der Waals surface area contributed by atoms with Gasteiger partial charge in [0, 0.05) is 31.1 Å². The largest absolute Gasteiger partial charge is 0.390 e. The maximum atomic E-state index is 9.21. The molecule has 6 heteroatoms. The lowest BCUT2D eigenvalue weighted by Gasteiger charge is -2.09. The number of anilines is 1. The van der Waals surface area contributed by atoms with Crippen LogP contribution in [0.3, 0.4) is 0 Å². The molecule has 3 rings (SSSR count). The number of pyridine rings is 1. The van der Waals surface area contributed by atoms with Crippen LogP contribution in [0.1, 0.15) is 11.3 Å². The van der Waals surface area contributed by atoms with Gasteiger partial charge in [-0.3, -0.25) is 4.98 Å². The topological polar surface area (TPSA) is 75.3 Å². The van der Waals surface area contributed by atoms with Crippen LogP contribution < -0.4 is 5.32 Å². The molecule has 2 N–H and O–H groups in total. The molecule has 3 aromatic rings. The van der Waals surface area contributed by atoms with Crippen molar-refractivity contribution in [3.63, 3.8) is 0 Å². The normalized spacial score (nSPS) is 10.8. The van der Waals surface area contributed by atoms with Gasteiger partial charge in [0.2, 0.25) is 0 Å². The second kappa shape index (κ2) is 5.03. The number of aromatic nitrogens is 4. The molecular formula is C13H13N5O. The van der Waals surface area contributed by atoms with E-state index in [9.17, 15) is 5.11 Å². The van der Waals surface area contributed by atoms with Gasteiger partial charge in [-0.1, -0.05) is 6.07 Å². The van der Waals surface area contributed by atoms with Crippen LogP contribution >= 0.6 is 0 Å².